The number of rotatable bonds is 9. The molecule has 1 fully saturated rings. The molecular formula is C29H31ClFN5O4S2. The molecule has 1 aliphatic rings. The normalized spacial score (nSPS) is 14.0. The molecule has 0 aliphatic carbocycles. The molecule has 2 aromatic carbocycles. The van der Waals surface area contributed by atoms with Crippen molar-refractivity contribution in [2.45, 2.75) is 25.4 Å². The largest absolute Gasteiger partial charge is 0.439 e. The highest BCUT2D eigenvalue weighted by Crippen LogP contribution is 2.28. The fraction of sp³-hybridized carbons (Fsp3) is 0.241. The number of ether oxygens (including phenoxy) is 1. The van der Waals surface area contributed by atoms with Crippen LogP contribution in [0.3, 0.4) is 0 Å². The van der Waals surface area contributed by atoms with Gasteiger partial charge in [0.15, 0.2) is 0 Å². The number of benzene rings is 2. The maximum atomic E-state index is 13.3. The predicted molar refractivity (Wildman–Crippen MR) is 167 cm³/mol. The van der Waals surface area contributed by atoms with Gasteiger partial charge in [-0.3, -0.25) is 14.5 Å². The van der Waals surface area contributed by atoms with E-state index in [1.165, 1.54) is 12.1 Å². The van der Waals surface area contributed by atoms with Crippen molar-refractivity contribution in [1.82, 2.24) is 9.88 Å². The van der Waals surface area contributed by atoms with E-state index >= 15 is 0 Å². The van der Waals surface area contributed by atoms with Gasteiger partial charge in [0.25, 0.3) is 0 Å². The number of hydrogen-bond acceptors (Lipinski definition) is 7. The Bertz CT molecular complexity index is 1550. The van der Waals surface area contributed by atoms with Gasteiger partial charge in [0.2, 0.25) is 15.9 Å². The van der Waals surface area contributed by atoms with Crippen LogP contribution in [0.4, 0.5) is 26.2 Å². The van der Waals surface area contributed by atoms with Crippen LogP contribution < -0.4 is 19.7 Å². The number of sulfonamides is 1. The summed E-state index contributed by atoms with van der Waals surface area (Å²) in [7, 11) is -3.34. The third kappa shape index (κ3) is 8.65. The summed E-state index contributed by atoms with van der Waals surface area (Å²) in [6.07, 6.45) is 4.51. The van der Waals surface area contributed by atoms with Crippen molar-refractivity contribution in [3.05, 3.63) is 95.1 Å². The van der Waals surface area contributed by atoms with Gasteiger partial charge < -0.3 is 10.1 Å². The number of anilines is 3. The number of hydrogen-bond donors (Lipinski definition) is 2. The van der Waals surface area contributed by atoms with Crippen LogP contribution in [-0.2, 0) is 16.6 Å². The van der Waals surface area contributed by atoms with Crippen molar-refractivity contribution in [2.75, 3.05) is 34.3 Å². The fourth-order valence-electron chi connectivity index (χ4n) is 4.69. The van der Waals surface area contributed by atoms with Crippen molar-refractivity contribution in [1.29, 1.82) is 0 Å². The summed E-state index contributed by atoms with van der Waals surface area (Å²) < 4.78 is 44.2. The van der Waals surface area contributed by atoms with Crippen molar-refractivity contribution in [2.24, 2.45) is 0 Å². The average Bonchev–Trinajstić information content (AvgIpc) is 3.47. The number of piperidine rings is 1. The molecule has 42 heavy (non-hydrogen) atoms. The minimum absolute atomic E-state index is 0. The smallest absolute Gasteiger partial charge is 0.326 e. The highest BCUT2D eigenvalue weighted by Gasteiger charge is 2.29. The van der Waals surface area contributed by atoms with Gasteiger partial charge in [-0.05, 0) is 78.4 Å². The van der Waals surface area contributed by atoms with Gasteiger partial charge in [-0.15, -0.1) is 12.4 Å². The molecule has 0 spiro atoms. The van der Waals surface area contributed by atoms with E-state index in [1.54, 1.807) is 53.9 Å². The lowest BCUT2D eigenvalue weighted by Gasteiger charge is -2.38. The lowest BCUT2D eigenvalue weighted by Crippen LogP contribution is -2.48. The van der Waals surface area contributed by atoms with Gasteiger partial charge in [-0.2, -0.15) is 11.3 Å². The summed E-state index contributed by atoms with van der Waals surface area (Å²) >= 11 is 1.54. The number of amides is 2. The quantitative estimate of drug-likeness (QED) is 0.217. The van der Waals surface area contributed by atoms with Gasteiger partial charge in [-0.1, -0.05) is 6.07 Å². The van der Waals surface area contributed by atoms with E-state index in [0.29, 0.717) is 23.0 Å². The molecule has 2 aromatic heterocycles. The zero-order valence-corrected chi connectivity index (χ0v) is 25.2. The van der Waals surface area contributed by atoms with Crippen LogP contribution in [0.1, 0.15) is 18.4 Å². The lowest BCUT2D eigenvalue weighted by molar-refractivity contribution is 0.199. The topological polar surface area (TPSA) is 104 Å². The van der Waals surface area contributed by atoms with Crippen LogP contribution in [0.25, 0.3) is 0 Å². The molecule has 4 aromatic rings. The fourth-order valence-corrected chi connectivity index (χ4v) is 5.88. The van der Waals surface area contributed by atoms with Gasteiger partial charge in [-0.25, -0.2) is 22.6 Å². The molecule has 5 rings (SSSR count). The molecule has 0 atom stereocenters. The van der Waals surface area contributed by atoms with Crippen LogP contribution in [0.5, 0.6) is 11.6 Å². The molecule has 0 bridgehead atoms. The molecule has 222 valence electrons. The SMILES string of the molecule is CS(=O)(=O)Nc1ccc(Oc2ccc(CN3CCC(N(C(=O)Nc4ccc(F)cc4)c4ccsc4)CC3)cn2)cc1.Cl. The maximum absolute atomic E-state index is 13.3. The van der Waals surface area contributed by atoms with Gasteiger partial charge in [0.05, 0.1) is 11.9 Å². The van der Waals surface area contributed by atoms with E-state index in [-0.39, 0.29) is 30.3 Å². The Morgan fingerprint density at radius 3 is 2.33 bits per heavy atom. The Kier molecular flexibility index (Phi) is 10.4. The third-order valence-corrected chi connectivity index (χ3v) is 7.88. The predicted octanol–water partition coefficient (Wildman–Crippen LogP) is 6.57. The number of nitrogens with one attached hydrogen (secondary N) is 2. The highest BCUT2D eigenvalue weighted by molar-refractivity contribution is 7.92. The summed E-state index contributed by atoms with van der Waals surface area (Å²) in [5.74, 6) is 0.637. The molecule has 3 heterocycles. The van der Waals surface area contributed by atoms with E-state index in [4.69, 9.17) is 4.74 Å². The molecular weight excluding hydrogens is 601 g/mol. The van der Waals surface area contributed by atoms with Crippen molar-refractivity contribution in [3.63, 3.8) is 0 Å². The molecule has 2 N–H and O–H groups in total. The molecule has 13 heteroatoms. The van der Waals surface area contributed by atoms with Gasteiger partial charge in [0.1, 0.15) is 11.6 Å². The first-order valence-corrected chi connectivity index (χ1v) is 15.9. The standard InChI is InChI=1S/C29H30FN5O4S2.ClH/c1-41(37,38)33-24-7-9-27(10-8-24)39-28-11-2-21(18-31-28)19-34-15-12-25(13-16-34)35(26-14-17-40-20-26)29(36)32-23-5-3-22(30)4-6-23;/h2-11,14,17-18,20,25,33H,12-13,15-16,19H2,1H3,(H,32,36);1H. The summed E-state index contributed by atoms with van der Waals surface area (Å²) in [5, 5.41) is 6.82. The molecule has 0 unspecified atom stereocenters. The first-order chi connectivity index (χ1) is 19.7. The number of pyridine rings is 1. The van der Waals surface area contributed by atoms with Gasteiger partial charge >= 0.3 is 6.03 Å². The number of halogens is 2. The van der Waals surface area contributed by atoms with Crippen molar-refractivity contribution < 1.29 is 22.3 Å². The third-order valence-electron chi connectivity index (χ3n) is 6.60. The second-order valence-corrected chi connectivity index (χ2v) is 12.3. The number of carbonyl (C=O) groups is 1. The lowest BCUT2D eigenvalue weighted by atomic mass is 10.0. The van der Waals surface area contributed by atoms with Crippen LogP contribution in [0, 0.1) is 5.82 Å². The minimum Gasteiger partial charge on any atom is -0.439 e. The van der Waals surface area contributed by atoms with E-state index in [1.807, 2.05) is 33.9 Å². The van der Waals surface area contributed by atoms with E-state index in [2.05, 4.69) is 19.9 Å². The molecule has 0 saturated carbocycles. The Labute approximate surface area is 254 Å². The van der Waals surface area contributed by atoms with Crippen LogP contribution in [0.15, 0.2) is 83.7 Å². The zero-order valence-electron chi connectivity index (χ0n) is 22.8. The number of carbonyl (C=O) groups excluding carboxylic acids is 1. The Hall–Kier alpha value is -3.71. The zero-order chi connectivity index (χ0) is 28.8. The Morgan fingerprint density at radius 2 is 1.74 bits per heavy atom. The van der Waals surface area contributed by atoms with E-state index < -0.39 is 10.0 Å². The van der Waals surface area contributed by atoms with Gasteiger partial charge in [0, 0.05) is 54.7 Å². The number of nitrogens with zero attached hydrogens (tertiary/aromatic N) is 3. The van der Waals surface area contributed by atoms with E-state index in [0.717, 1.165) is 50.0 Å². The molecule has 9 nitrogen and oxygen atoms in total. The minimum atomic E-state index is -3.34. The average molecular weight is 632 g/mol. The summed E-state index contributed by atoms with van der Waals surface area (Å²) in [6.45, 7) is 2.37. The number of thiophene rings is 1. The molecule has 1 aliphatic heterocycles. The first-order valence-electron chi connectivity index (χ1n) is 13.0. The second-order valence-electron chi connectivity index (χ2n) is 9.80. The first kappa shape index (κ1) is 31.2. The van der Waals surface area contributed by atoms with Crippen LogP contribution >= 0.6 is 23.7 Å². The summed E-state index contributed by atoms with van der Waals surface area (Å²) in [5.41, 5.74) is 2.91. The van der Waals surface area contributed by atoms with Crippen LogP contribution in [0.2, 0.25) is 0 Å². The second kappa shape index (κ2) is 14.0. The highest BCUT2D eigenvalue weighted by atomic mass is 35.5. The van der Waals surface area contributed by atoms with Crippen LogP contribution in [-0.4, -0.2) is 49.7 Å². The maximum Gasteiger partial charge on any atom is 0.326 e. The summed E-state index contributed by atoms with van der Waals surface area (Å²) in [4.78, 5) is 21.8. The molecule has 1 saturated heterocycles. The molecule has 0 radical (unpaired) electrons. The van der Waals surface area contributed by atoms with E-state index in [9.17, 15) is 17.6 Å². The Morgan fingerprint density at radius 1 is 1.05 bits per heavy atom. The Balaban J connectivity index is 0.00000405. The number of likely N-dealkylation sites (tertiary alicyclic amines) is 1. The van der Waals surface area contributed by atoms with Crippen molar-refractivity contribution in [3.8, 4) is 11.6 Å². The number of urea groups is 1. The summed E-state index contributed by atoms with van der Waals surface area (Å²) in [6, 6.07) is 17.9. The monoisotopic (exact) mass is 631 g/mol. The number of aromatic nitrogens is 1. The molecule has 2 amide bonds. The van der Waals surface area contributed by atoms with Crippen molar-refractivity contribution >= 4 is 56.9 Å².